The second-order valence-corrected chi connectivity index (χ2v) is 3.42. The zero-order valence-electron chi connectivity index (χ0n) is 9.15. The van der Waals surface area contributed by atoms with E-state index in [9.17, 15) is 9.59 Å². The molecule has 0 bridgehead atoms. The fourth-order valence-corrected chi connectivity index (χ4v) is 1.11. The van der Waals surface area contributed by atoms with Crippen molar-refractivity contribution in [3.63, 3.8) is 0 Å². The summed E-state index contributed by atoms with van der Waals surface area (Å²) in [6, 6.07) is 5.86. The van der Waals surface area contributed by atoms with E-state index in [0.29, 0.717) is 0 Å². The highest BCUT2D eigenvalue weighted by Crippen LogP contribution is 2.07. The molecule has 0 spiro atoms. The molecule has 0 aliphatic carbocycles. The van der Waals surface area contributed by atoms with Gasteiger partial charge in [0.15, 0.2) is 0 Å². The molecule has 1 aromatic rings. The number of hydrogen-bond donors (Lipinski definition) is 2. The van der Waals surface area contributed by atoms with E-state index < -0.39 is 11.8 Å². The van der Waals surface area contributed by atoms with Crippen LogP contribution < -0.4 is 11.2 Å². The van der Waals surface area contributed by atoms with Crippen LogP contribution in [0.2, 0.25) is 0 Å². The van der Waals surface area contributed by atoms with Gasteiger partial charge in [-0.05, 0) is 25.0 Å². The van der Waals surface area contributed by atoms with E-state index in [4.69, 9.17) is 5.73 Å². The highest BCUT2D eigenvalue weighted by molar-refractivity contribution is 6.34. The standard InChI is InChI=1S/C11H13N3O2/c1-7-3-4-8(2)9(5-7)6-13-14-11(16)10(12)15/h3-6H,1-2H3,(H2,12,15)(H,14,16)/b13-6-. The summed E-state index contributed by atoms with van der Waals surface area (Å²) in [5, 5.41) is 3.64. The summed E-state index contributed by atoms with van der Waals surface area (Å²) < 4.78 is 0. The van der Waals surface area contributed by atoms with Gasteiger partial charge in [0.05, 0.1) is 6.21 Å². The van der Waals surface area contributed by atoms with Crippen molar-refractivity contribution in [2.24, 2.45) is 10.8 Å². The normalized spacial score (nSPS) is 10.4. The Kier molecular flexibility index (Phi) is 3.77. The number of nitrogens with one attached hydrogen (secondary N) is 1. The van der Waals surface area contributed by atoms with E-state index in [1.54, 1.807) is 0 Å². The Morgan fingerprint density at radius 2 is 2.06 bits per heavy atom. The molecule has 0 aromatic heterocycles. The summed E-state index contributed by atoms with van der Waals surface area (Å²) in [6.45, 7) is 3.88. The van der Waals surface area contributed by atoms with Gasteiger partial charge >= 0.3 is 11.8 Å². The molecule has 3 N–H and O–H groups in total. The Morgan fingerprint density at radius 1 is 1.38 bits per heavy atom. The van der Waals surface area contributed by atoms with Crippen LogP contribution in [-0.4, -0.2) is 18.0 Å². The van der Waals surface area contributed by atoms with Crippen molar-refractivity contribution >= 4 is 18.0 Å². The Balaban J connectivity index is 2.73. The minimum absolute atomic E-state index is 0.879. The number of aryl methyl sites for hydroxylation is 2. The average Bonchev–Trinajstić information content (AvgIpc) is 2.22. The second-order valence-electron chi connectivity index (χ2n) is 3.42. The molecule has 1 rings (SSSR count). The zero-order valence-corrected chi connectivity index (χ0v) is 9.15. The summed E-state index contributed by atoms with van der Waals surface area (Å²) in [5.41, 5.74) is 9.78. The van der Waals surface area contributed by atoms with Crippen molar-refractivity contribution in [2.45, 2.75) is 13.8 Å². The van der Waals surface area contributed by atoms with Crippen molar-refractivity contribution < 1.29 is 9.59 Å². The largest absolute Gasteiger partial charge is 0.361 e. The Morgan fingerprint density at radius 3 is 2.69 bits per heavy atom. The molecule has 0 unspecified atom stereocenters. The number of hydrogen-bond acceptors (Lipinski definition) is 3. The predicted molar refractivity (Wildman–Crippen MR) is 60.8 cm³/mol. The highest BCUT2D eigenvalue weighted by atomic mass is 16.2. The molecule has 0 aliphatic heterocycles. The lowest BCUT2D eigenvalue weighted by molar-refractivity contribution is -0.137. The van der Waals surface area contributed by atoms with E-state index in [-0.39, 0.29) is 0 Å². The zero-order chi connectivity index (χ0) is 12.1. The molecule has 1 aromatic carbocycles. The van der Waals surface area contributed by atoms with Crippen LogP contribution in [0.3, 0.4) is 0 Å². The van der Waals surface area contributed by atoms with Crippen LogP contribution in [0.15, 0.2) is 23.3 Å². The lowest BCUT2D eigenvalue weighted by Gasteiger charge is -2.01. The molecular formula is C11H13N3O2. The quantitative estimate of drug-likeness (QED) is 0.424. The van der Waals surface area contributed by atoms with Crippen molar-refractivity contribution in [2.75, 3.05) is 0 Å². The lowest BCUT2D eigenvalue weighted by atomic mass is 10.1. The van der Waals surface area contributed by atoms with Gasteiger partial charge in [-0.15, -0.1) is 0 Å². The third-order valence-corrected chi connectivity index (χ3v) is 2.03. The van der Waals surface area contributed by atoms with Crippen LogP contribution in [0.4, 0.5) is 0 Å². The van der Waals surface area contributed by atoms with Gasteiger partial charge in [0.25, 0.3) is 0 Å². The molecular weight excluding hydrogens is 206 g/mol. The summed E-state index contributed by atoms with van der Waals surface area (Å²) in [5.74, 6) is -1.99. The topological polar surface area (TPSA) is 84.6 Å². The van der Waals surface area contributed by atoms with Crippen molar-refractivity contribution in [3.8, 4) is 0 Å². The molecule has 84 valence electrons. The van der Waals surface area contributed by atoms with Gasteiger partial charge < -0.3 is 5.73 Å². The van der Waals surface area contributed by atoms with Gasteiger partial charge in [0, 0.05) is 0 Å². The first kappa shape index (κ1) is 11.9. The first-order valence-electron chi connectivity index (χ1n) is 4.71. The predicted octanol–water partition coefficient (Wildman–Crippen LogP) is 0.239. The molecule has 0 heterocycles. The molecule has 0 aliphatic rings. The van der Waals surface area contributed by atoms with E-state index in [2.05, 4.69) is 5.10 Å². The Labute approximate surface area is 93.3 Å². The highest BCUT2D eigenvalue weighted by Gasteiger charge is 2.05. The molecule has 5 nitrogen and oxygen atoms in total. The van der Waals surface area contributed by atoms with E-state index in [1.165, 1.54) is 6.21 Å². The summed E-state index contributed by atoms with van der Waals surface area (Å²) in [7, 11) is 0. The summed E-state index contributed by atoms with van der Waals surface area (Å²) in [4.78, 5) is 21.2. The SMILES string of the molecule is Cc1ccc(C)c(/C=N\NC(=O)C(N)=O)c1. The van der Waals surface area contributed by atoms with Crippen LogP contribution in [0.5, 0.6) is 0 Å². The molecule has 0 radical (unpaired) electrons. The maximum atomic E-state index is 10.8. The van der Waals surface area contributed by atoms with Crippen molar-refractivity contribution in [1.82, 2.24) is 5.43 Å². The molecule has 0 atom stereocenters. The lowest BCUT2D eigenvalue weighted by Crippen LogP contribution is -2.32. The number of rotatable bonds is 2. The molecule has 16 heavy (non-hydrogen) atoms. The Hall–Kier alpha value is -2.17. The van der Waals surface area contributed by atoms with Gasteiger partial charge in [0.2, 0.25) is 0 Å². The molecule has 0 fully saturated rings. The minimum Gasteiger partial charge on any atom is -0.361 e. The second kappa shape index (κ2) is 5.06. The molecule has 0 saturated carbocycles. The fourth-order valence-electron chi connectivity index (χ4n) is 1.11. The van der Waals surface area contributed by atoms with E-state index in [0.717, 1.165) is 16.7 Å². The molecule has 2 amide bonds. The van der Waals surface area contributed by atoms with Crippen molar-refractivity contribution in [3.05, 3.63) is 34.9 Å². The van der Waals surface area contributed by atoms with E-state index in [1.807, 2.05) is 37.5 Å². The number of hydrazone groups is 1. The first-order valence-corrected chi connectivity index (χ1v) is 4.71. The number of primary amides is 1. The van der Waals surface area contributed by atoms with Crippen LogP contribution in [0.25, 0.3) is 0 Å². The maximum Gasteiger partial charge on any atom is 0.329 e. The smallest absolute Gasteiger partial charge is 0.329 e. The van der Waals surface area contributed by atoms with Gasteiger partial charge in [-0.2, -0.15) is 5.10 Å². The number of carbonyl (C=O) groups excluding carboxylic acids is 2. The number of amides is 2. The third kappa shape index (κ3) is 3.20. The van der Waals surface area contributed by atoms with Crippen LogP contribution in [0.1, 0.15) is 16.7 Å². The number of carbonyl (C=O) groups is 2. The summed E-state index contributed by atoms with van der Waals surface area (Å²) in [6.07, 6.45) is 1.48. The van der Waals surface area contributed by atoms with Gasteiger partial charge in [0.1, 0.15) is 0 Å². The first-order chi connectivity index (χ1) is 7.50. The van der Waals surface area contributed by atoms with Crippen LogP contribution >= 0.6 is 0 Å². The molecule has 0 saturated heterocycles. The molecule has 5 heteroatoms. The van der Waals surface area contributed by atoms with Crippen molar-refractivity contribution in [1.29, 1.82) is 0 Å². The maximum absolute atomic E-state index is 10.8. The van der Waals surface area contributed by atoms with Gasteiger partial charge in [-0.1, -0.05) is 23.8 Å². The van der Waals surface area contributed by atoms with Crippen LogP contribution in [0, 0.1) is 13.8 Å². The monoisotopic (exact) mass is 219 g/mol. The number of nitrogens with zero attached hydrogens (tertiary/aromatic N) is 1. The number of benzene rings is 1. The Bertz CT molecular complexity index is 453. The summed E-state index contributed by atoms with van der Waals surface area (Å²) >= 11 is 0. The van der Waals surface area contributed by atoms with E-state index >= 15 is 0 Å². The van der Waals surface area contributed by atoms with Gasteiger partial charge in [-0.3, -0.25) is 9.59 Å². The third-order valence-electron chi connectivity index (χ3n) is 2.03. The average molecular weight is 219 g/mol. The minimum atomic E-state index is -1.06. The number of nitrogens with two attached hydrogens (primary N) is 1. The van der Waals surface area contributed by atoms with Crippen LogP contribution in [-0.2, 0) is 9.59 Å². The fraction of sp³-hybridized carbons (Fsp3) is 0.182. The van der Waals surface area contributed by atoms with Gasteiger partial charge in [-0.25, -0.2) is 5.43 Å².